The molecule has 3 aromatic rings. The van der Waals surface area contributed by atoms with E-state index in [1.807, 2.05) is 43.3 Å². The molecule has 194 valence electrons. The van der Waals surface area contributed by atoms with Crippen LogP contribution in [0.3, 0.4) is 0 Å². The summed E-state index contributed by atoms with van der Waals surface area (Å²) < 4.78 is 39.5. The first kappa shape index (κ1) is 26.4. The average molecular weight is 523 g/mol. The fourth-order valence-corrected chi connectivity index (χ4v) is 5.97. The Hall–Kier alpha value is -3.69. The van der Waals surface area contributed by atoms with E-state index in [0.29, 0.717) is 23.4 Å². The van der Waals surface area contributed by atoms with Gasteiger partial charge in [-0.3, -0.25) is 4.79 Å². The molecule has 0 saturated carbocycles. The number of hydrogen-bond acceptors (Lipinski definition) is 6. The molecule has 1 amide bonds. The van der Waals surface area contributed by atoms with Crippen LogP contribution in [0.4, 0.5) is 5.69 Å². The Balaban J connectivity index is 1.67. The Bertz CT molecular complexity index is 1390. The van der Waals surface area contributed by atoms with E-state index < -0.39 is 34.5 Å². The third kappa shape index (κ3) is 5.84. The van der Waals surface area contributed by atoms with Gasteiger partial charge in [-0.15, -0.1) is 0 Å². The van der Waals surface area contributed by atoms with Crippen molar-refractivity contribution in [2.45, 2.75) is 31.3 Å². The van der Waals surface area contributed by atoms with Crippen molar-refractivity contribution in [3.63, 3.8) is 0 Å². The zero-order chi connectivity index (χ0) is 26.6. The molecule has 0 bridgehead atoms. The number of hydrogen-bond donors (Lipinski definition) is 0. The summed E-state index contributed by atoms with van der Waals surface area (Å²) in [6, 6.07) is 21.6. The maximum Gasteiger partial charge on any atom is 0.348 e. The molecule has 3 aromatic carbocycles. The minimum atomic E-state index is -4.01. The van der Waals surface area contributed by atoms with Crippen LogP contribution in [0.1, 0.15) is 16.7 Å². The number of benzene rings is 3. The number of aryl methyl sites for hydroxylation is 2. The largest absolute Gasteiger partial charge is 0.475 e. The van der Waals surface area contributed by atoms with Crippen LogP contribution in [-0.4, -0.2) is 57.4 Å². The van der Waals surface area contributed by atoms with Crippen LogP contribution in [0, 0.1) is 13.8 Å². The molecule has 1 unspecified atom stereocenters. The molecule has 0 N–H and O–H groups in total. The molecule has 1 aliphatic heterocycles. The van der Waals surface area contributed by atoms with Crippen LogP contribution in [0.2, 0.25) is 0 Å². The molecule has 1 heterocycles. The highest BCUT2D eigenvalue weighted by Gasteiger charge is 2.36. The highest BCUT2D eigenvalue weighted by Crippen LogP contribution is 2.34. The van der Waals surface area contributed by atoms with Gasteiger partial charge in [0.25, 0.3) is 0 Å². The molecule has 0 fully saturated rings. The maximum absolute atomic E-state index is 13.9. The van der Waals surface area contributed by atoms with Gasteiger partial charge in [-0.2, -0.15) is 4.31 Å². The van der Waals surface area contributed by atoms with Crippen molar-refractivity contribution in [1.82, 2.24) is 4.31 Å². The number of ether oxygens (including phenoxy) is 2. The topological polar surface area (TPSA) is 93.2 Å². The minimum Gasteiger partial charge on any atom is -0.475 e. The van der Waals surface area contributed by atoms with Gasteiger partial charge < -0.3 is 14.4 Å². The number of carbonyl (C=O) groups excluding carboxylic acids is 2. The van der Waals surface area contributed by atoms with Gasteiger partial charge in [0, 0.05) is 6.54 Å². The highest BCUT2D eigenvalue weighted by molar-refractivity contribution is 7.89. The van der Waals surface area contributed by atoms with E-state index in [4.69, 9.17) is 9.47 Å². The Labute approximate surface area is 217 Å². The SMILES string of the molecule is COC(=O)C1CN(C(=O)CN(CCc2ccccc2)S(=O)(=O)c2cc(C)ccc2C)c2ccccc2O1. The zero-order valence-electron chi connectivity index (χ0n) is 21.1. The van der Waals surface area contributed by atoms with Crippen molar-refractivity contribution < 1.29 is 27.5 Å². The van der Waals surface area contributed by atoms with E-state index in [1.54, 1.807) is 43.3 Å². The number of carbonyl (C=O) groups is 2. The number of esters is 1. The number of anilines is 1. The molecule has 4 rings (SSSR count). The van der Waals surface area contributed by atoms with E-state index in [1.165, 1.54) is 16.3 Å². The predicted octanol–water partition coefficient (Wildman–Crippen LogP) is 3.50. The fourth-order valence-electron chi connectivity index (χ4n) is 4.27. The normalized spacial score (nSPS) is 15.1. The van der Waals surface area contributed by atoms with E-state index in [-0.39, 0.29) is 18.0 Å². The molecule has 37 heavy (non-hydrogen) atoms. The lowest BCUT2D eigenvalue weighted by Gasteiger charge is -2.34. The van der Waals surface area contributed by atoms with Gasteiger partial charge in [0.1, 0.15) is 5.75 Å². The van der Waals surface area contributed by atoms with Gasteiger partial charge in [-0.1, -0.05) is 54.6 Å². The standard InChI is InChI=1S/C28H30N2O6S/c1-20-13-14-21(2)26(17-20)37(33,34)29(16-15-22-9-5-4-6-10-22)19-27(31)30-18-25(28(32)35-3)36-24-12-8-7-11-23(24)30/h4-14,17,25H,15-16,18-19H2,1-3H3. The van der Waals surface area contributed by atoms with Crippen molar-refractivity contribution in [3.8, 4) is 5.75 Å². The second-order valence-corrected chi connectivity index (χ2v) is 10.9. The quantitative estimate of drug-likeness (QED) is 0.421. The number of fused-ring (bicyclic) bond motifs is 1. The van der Waals surface area contributed by atoms with Crippen LogP contribution < -0.4 is 9.64 Å². The van der Waals surface area contributed by atoms with Crippen molar-refractivity contribution >= 4 is 27.6 Å². The summed E-state index contributed by atoms with van der Waals surface area (Å²) in [5.74, 6) is -0.728. The summed E-state index contributed by atoms with van der Waals surface area (Å²) in [6.45, 7) is 3.19. The lowest BCUT2D eigenvalue weighted by molar-refractivity contribution is -0.148. The Morgan fingerprint density at radius 1 is 1.03 bits per heavy atom. The summed E-state index contributed by atoms with van der Waals surface area (Å²) in [5, 5.41) is 0. The second kappa shape index (κ2) is 11.1. The van der Waals surface area contributed by atoms with Crippen LogP contribution in [-0.2, 0) is 30.8 Å². The fraction of sp³-hybridized carbons (Fsp3) is 0.286. The van der Waals surface area contributed by atoms with Crippen molar-refractivity contribution in [1.29, 1.82) is 0 Å². The first-order valence-electron chi connectivity index (χ1n) is 12.0. The lowest BCUT2D eigenvalue weighted by Crippen LogP contribution is -2.51. The third-order valence-corrected chi connectivity index (χ3v) is 8.29. The number of sulfonamides is 1. The Morgan fingerprint density at radius 2 is 1.73 bits per heavy atom. The molecule has 9 heteroatoms. The molecular formula is C28H30N2O6S. The van der Waals surface area contributed by atoms with Crippen molar-refractivity contribution in [3.05, 3.63) is 89.5 Å². The molecule has 1 atom stereocenters. The molecule has 0 aromatic heterocycles. The highest BCUT2D eigenvalue weighted by atomic mass is 32.2. The monoisotopic (exact) mass is 522 g/mol. The van der Waals surface area contributed by atoms with Crippen LogP contribution in [0.15, 0.2) is 77.7 Å². The molecule has 0 radical (unpaired) electrons. The Morgan fingerprint density at radius 3 is 2.46 bits per heavy atom. The molecule has 1 aliphatic rings. The first-order chi connectivity index (χ1) is 17.7. The number of nitrogens with zero attached hydrogens (tertiary/aromatic N) is 2. The smallest absolute Gasteiger partial charge is 0.348 e. The Kier molecular flexibility index (Phi) is 7.94. The van der Waals surface area contributed by atoms with Crippen LogP contribution in [0.25, 0.3) is 0 Å². The minimum absolute atomic E-state index is 0.0848. The van der Waals surface area contributed by atoms with Crippen LogP contribution >= 0.6 is 0 Å². The van der Waals surface area contributed by atoms with Gasteiger partial charge >= 0.3 is 5.97 Å². The van der Waals surface area contributed by atoms with E-state index >= 15 is 0 Å². The first-order valence-corrected chi connectivity index (χ1v) is 13.4. The van der Waals surface area contributed by atoms with Gasteiger partial charge in [0.15, 0.2) is 0 Å². The average Bonchev–Trinajstić information content (AvgIpc) is 2.91. The lowest BCUT2D eigenvalue weighted by atomic mass is 10.1. The number of methoxy groups -OCH3 is 1. The molecule has 0 aliphatic carbocycles. The number of rotatable bonds is 8. The summed E-state index contributed by atoms with van der Waals surface area (Å²) in [5.41, 5.74) is 2.84. The van der Waals surface area contributed by atoms with Crippen molar-refractivity contribution in [2.75, 3.05) is 31.6 Å². The predicted molar refractivity (Wildman–Crippen MR) is 140 cm³/mol. The van der Waals surface area contributed by atoms with Gasteiger partial charge in [-0.25, -0.2) is 13.2 Å². The van der Waals surface area contributed by atoms with Gasteiger partial charge in [0.2, 0.25) is 22.0 Å². The summed E-state index contributed by atoms with van der Waals surface area (Å²) >= 11 is 0. The maximum atomic E-state index is 13.9. The van der Waals surface area contributed by atoms with Crippen LogP contribution in [0.5, 0.6) is 5.75 Å². The van der Waals surface area contributed by atoms with E-state index in [9.17, 15) is 18.0 Å². The zero-order valence-corrected chi connectivity index (χ0v) is 21.9. The third-order valence-electron chi connectivity index (χ3n) is 6.30. The summed E-state index contributed by atoms with van der Waals surface area (Å²) in [4.78, 5) is 27.5. The molecular weight excluding hydrogens is 492 g/mol. The number of para-hydroxylation sites is 2. The molecule has 0 spiro atoms. The summed E-state index contributed by atoms with van der Waals surface area (Å²) in [6.07, 6.45) is -0.583. The summed E-state index contributed by atoms with van der Waals surface area (Å²) in [7, 11) is -2.76. The second-order valence-electron chi connectivity index (χ2n) is 8.94. The van der Waals surface area contributed by atoms with E-state index in [2.05, 4.69) is 0 Å². The van der Waals surface area contributed by atoms with Crippen molar-refractivity contribution in [2.24, 2.45) is 0 Å². The molecule has 0 saturated heterocycles. The van der Waals surface area contributed by atoms with E-state index in [0.717, 1.165) is 11.1 Å². The van der Waals surface area contributed by atoms with Gasteiger partial charge in [-0.05, 0) is 55.2 Å². The molecule has 8 nitrogen and oxygen atoms in total. The number of amides is 1. The van der Waals surface area contributed by atoms with Gasteiger partial charge in [0.05, 0.1) is 30.8 Å².